The van der Waals surface area contributed by atoms with E-state index in [1.165, 1.54) is 12.4 Å². The molecule has 1 rings (SSSR count). The second-order valence-electron chi connectivity index (χ2n) is 1.95. The Hall–Kier alpha value is -1.16. The zero-order valence-electron chi connectivity index (χ0n) is 6.45. The predicted octanol–water partition coefficient (Wildman–Crippen LogP) is 1.31. The Labute approximate surface area is 74.5 Å². The molecule has 1 aromatic rings. The number of carbonyl (C=O) groups is 1. The zero-order valence-corrected chi connectivity index (χ0v) is 7.21. The zero-order chi connectivity index (χ0) is 8.97. The number of esters is 1. The quantitative estimate of drug-likeness (QED) is 0.654. The molecule has 4 nitrogen and oxygen atoms in total. The normalized spacial score (nSPS) is 9.50. The maximum absolute atomic E-state index is 11.0. The lowest BCUT2D eigenvalue weighted by Crippen LogP contribution is -2.07. The minimum atomic E-state index is -0.507. The molecular formula is C7H7ClN2O2. The van der Waals surface area contributed by atoms with Gasteiger partial charge in [0.1, 0.15) is 5.15 Å². The molecule has 0 aromatic carbocycles. The molecule has 0 aliphatic heterocycles. The highest BCUT2D eigenvalue weighted by molar-refractivity contribution is 6.29. The van der Waals surface area contributed by atoms with Gasteiger partial charge >= 0.3 is 5.97 Å². The van der Waals surface area contributed by atoms with Crippen LogP contribution in [-0.4, -0.2) is 22.5 Å². The number of ether oxygens (including phenoxy) is 1. The minimum Gasteiger partial charge on any atom is -0.461 e. The average Bonchev–Trinajstić information content (AvgIpc) is 2.05. The second-order valence-corrected chi connectivity index (χ2v) is 2.33. The molecule has 0 aliphatic rings. The van der Waals surface area contributed by atoms with Crippen LogP contribution in [0.4, 0.5) is 0 Å². The van der Waals surface area contributed by atoms with E-state index in [1.54, 1.807) is 6.92 Å². The van der Waals surface area contributed by atoms with Crippen LogP contribution in [0.3, 0.4) is 0 Å². The summed E-state index contributed by atoms with van der Waals surface area (Å²) < 4.78 is 4.68. The van der Waals surface area contributed by atoms with Crippen molar-refractivity contribution < 1.29 is 9.53 Å². The Morgan fingerprint density at radius 1 is 1.67 bits per heavy atom. The molecule has 0 spiro atoms. The third-order valence-corrected chi connectivity index (χ3v) is 1.27. The van der Waals surface area contributed by atoms with Gasteiger partial charge in [-0.05, 0) is 6.92 Å². The number of rotatable bonds is 2. The van der Waals surface area contributed by atoms with Gasteiger partial charge in [-0.3, -0.25) is 4.98 Å². The minimum absolute atomic E-state index is 0.129. The van der Waals surface area contributed by atoms with E-state index in [2.05, 4.69) is 14.7 Å². The molecule has 12 heavy (non-hydrogen) atoms. The van der Waals surface area contributed by atoms with Crippen LogP contribution in [-0.2, 0) is 4.74 Å². The summed E-state index contributed by atoms with van der Waals surface area (Å²) >= 11 is 5.51. The van der Waals surface area contributed by atoms with Gasteiger partial charge in [-0.2, -0.15) is 0 Å². The molecule has 0 unspecified atom stereocenters. The highest BCUT2D eigenvalue weighted by atomic mass is 35.5. The van der Waals surface area contributed by atoms with Crippen molar-refractivity contribution in [2.24, 2.45) is 0 Å². The third-order valence-electron chi connectivity index (χ3n) is 1.09. The van der Waals surface area contributed by atoms with Gasteiger partial charge < -0.3 is 4.74 Å². The van der Waals surface area contributed by atoms with Crippen molar-refractivity contribution in [3.8, 4) is 0 Å². The van der Waals surface area contributed by atoms with E-state index in [4.69, 9.17) is 11.6 Å². The summed E-state index contributed by atoms with van der Waals surface area (Å²) in [5.74, 6) is -0.507. The van der Waals surface area contributed by atoms with Crippen molar-refractivity contribution in [3.63, 3.8) is 0 Å². The van der Waals surface area contributed by atoms with Gasteiger partial charge in [0.25, 0.3) is 0 Å². The van der Waals surface area contributed by atoms with E-state index >= 15 is 0 Å². The third kappa shape index (κ3) is 2.17. The molecule has 0 radical (unpaired) electrons. The molecule has 0 atom stereocenters. The van der Waals surface area contributed by atoms with Crippen LogP contribution in [0.15, 0.2) is 12.4 Å². The molecule has 0 saturated heterocycles. The summed E-state index contributed by atoms with van der Waals surface area (Å²) in [7, 11) is 0. The summed E-state index contributed by atoms with van der Waals surface area (Å²) in [5.41, 5.74) is 0.129. The lowest BCUT2D eigenvalue weighted by molar-refractivity contribution is 0.0519. The van der Waals surface area contributed by atoms with Gasteiger partial charge in [-0.25, -0.2) is 9.78 Å². The monoisotopic (exact) mass is 186 g/mol. The number of hydrogen-bond acceptors (Lipinski definition) is 4. The second kappa shape index (κ2) is 4.01. The van der Waals surface area contributed by atoms with Crippen LogP contribution in [0, 0.1) is 0 Å². The largest absolute Gasteiger partial charge is 0.461 e. The molecule has 0 saturated carbocycles. The average molecular weight is 187 g/mol. The molecule has 0 amide bonds. The lowest BCUT2D eigenvalue weighted by Gasteiger charge is -1.99. The molecule has 0 bridgehead atoms. The number of hydrogen-bond donors (Lipinski definition) is 0. The SMILES string of the molecule is CCOC(=O)c1cncc(Cl)n1. The maximum atomic E-state index is 11.0. The number of carbonyl (C=O) groups excluding carboxylic acids is 1. The van der Waals surface area contributed by atoms with Crippen molar-refractivity contribution in [2.75, 3.05) is 6.61 Å². The first-order valence-electron chi connectivity index (χ1n) is 3.38. The van der Waals surface area contributed by atoms with Crippen LogP contribution in [0.5, 0.6) is 0 Å². The Morgan fingerprint density at radius 2 is 2.42 bits per heavy atom. The van der Waals surface area contributed by atoms with Gasteiger partial charge in [0.2, 0.25) is 0 Å². The highest BCUT2D eigenvalue weighted by Gasteiger charge is 2.07. The molecule has 0 aliphatic carbocycles. The molecule has 1 heterocycles. The number of aromatic nitrogens is 2. The summed E-state index contributed by atoms with van der Waals surface area (Å²) in [6, 6.07) is 0. The van der Waals surface area contributed by atoms with Crippen LogP contribution in [0.25, 0.3) is 0 Å². The van der Waals surface area contributed by atoms with Gasteiger partial charge in [0.15, 0.2) is 5.69 Å². The van der Waals surface area contributed by atoms with E-state index in [-0.39, 0.29) is 10.8 Å². The van der Waals surface area contributed by atoms with Gasteiger partial charge in [-0.15, -0.1) is 0 Å². The smallest absolute Gasteiger partial charge is 0.358 e. The van der Waals surface area contributed by atoms with Crippen LogP contribution >= 0.6 is 11.6 Å². The van der Waals surface area contributed by atoms with Crippen molar-refractivity contribution in [1.82, 2.24) is 9.97 Å². The Morgan fingerprint density at radius 3 is 3.00 bits per heavy atom. The molecule has 0 N–H and O–H groups in total. The van der Waals surface area contributed by atoms with Crippen molar-refractivity contribution in [2.45, 2.75) is 6.92 Å². The topological polar surface area (TPSA) is 52.1 Å². The summed E-state index contributed by atoms with van der Waals surface area (Å²) in [5, 5.41) is 0.181. The Kier molecular flexibility index (Phi) is 2.99. The van der Waals surface area contributed by atoms with Crippen LogP contribution in [0.1, 0.15) is 17.4 Å². The fourth-order valence-electron chi connectivity index (χ4n) is 0.646. The molecule has 0 fully saturated rings. The standard InChI is InChI=1S/C7H7ClN2O2/c1-2-12-7(11)5-3-9-4-6(8)10-5/h3-4H,2H2,1H3. The summed E-state index contributed by atoms with van der Waals surface area (Å²) in [6.07, 6.45) is 2.66. The van der Waals surface area contributed by atoms with E-state index in [0.717, 1.165) is 0 Å². The first-order chi connectivity index (χ1) is 5.74. The van der Waals surface area contributed by atoms with Crippen molar-refractivity contribution in [1.29, 1.82) is 0 Å². The summed E-state index contributed by atoms with van der Waals surface area (Å²) in [6.45, 7) is 2.03. The van der Waals surface area contributed by atoms with E-state index in [1.807, 2.05) is 0 Å². The van der Waals surface area contributed by atoms with Crippen LogP contribution in [0.2, 0.25) is 5.15 Å². The predicted molar refractivity (Wildman–Crippen MR) is 43.0 cm³/mol. The number of nitrogens with zero attached hydrogens (tertiary/aromatic N) is 2. The van der Waals surface area contributed by atoms with Gasteiger partial charge in [-0.1, -0.05) is 11.6 Å². The van der Waals surface area contributed by atoms with E-state index in [9.17, 15) is 4.79 Å². The molecule has 1 aromatic heterocycles. The number of halogens is 1. The maximum Gasteiger partial charge on any atom is 0.358 e. The summed E-state index contributed by atoms with van der Waals surface area (Å²) in [4.78, 5) is 18.4. The Balaban J connectivity index is 2.81. The molecular weight excluding hydrogens is 180 g/mol. The fraction of sp³-hybridized carbons (Fsp3) is 0.286. The molecule has 64 valence electrons. The van der Waals surface area contributed by atoms with E-state index in [0.29, 0.717) is 6.61 Å². The first-order valence-corrected chi connectivity index (χ1v) is 3.76. The lowest BCUT2D eigenvalue weighted by atomic mass is 10.5. The van der Waals surface area contributed by atoms with Crippen molar-refractivity contribution >= 4 is 17.6 Å². The van der Waals surface area contributed by atoms with E-state index < -0.39 is 5.97 Å². The van der Waals surface area contributed by atoms with Crippen LogP contribution < -0.4 is 0 Å². The molecule has 5 heteroatoms. The first kappa shape index (κ1) is 8.93. The van der Waals surface area contributed by atoms with Gasteiger partial charge in [0, 0.05) is 0 Å². The highest BCUT2D eigenvalue weighted by Crippen LogP contribution is 2.03. The van der Waals surface area contributed by atoms with Gasteiger partial charge in [0.05, 0.1) is 19.0 Å². The Bertz CT molecular complexity index is 290. The fourth-order valence-corrected chi connectivity index (χ4v) is 0.793. The van der Waals surface area contributed by atoms with Crippen molar-refractivity contribution in [3.05, 3.63) is 23.2 Å².